The van der Waals surface area contributed by atoms with E-state index in [1.165, 1.54) is 0 Å². The Balaban J connectivity index is 4.35. The maximum atomic E-state index is 11.7. The lowest BCUT2D eigenvalue weighted by Gasteiger charge is -2.27. The van der Waals surface area contributed by atoms with E-state index < -0.39 is 11.9 Å². The minimum atomic E-state index is -0.568. The number of carbonyl (C=O) groups is 2. The van der Waals surface area contributed by atoms with Gasteiger partial charge in [-0.2, -0.15) is 0 Å². The Labute approximate surface area is 134 Å². The van der Waals surface area contributed by atoms with Crippen LogP contribution in [0.4, 0.5) is 0 Å². The third kappa shape index (κ3) is 7.56. The zero-order valence-electron chi connectivity index (χ0n) is 15.0. The van der Waals surface area contributed by atoms with E-state index in [0.717, 1.165) is 12.2 Å². The Morgan fingerprint density at radius 3 is 1.23 bits per heavy atom. The van der Waals surface area contributed by atoms with Gasteiger partial charge in [0.25, 0.3) is 0 Å². The molecule has 0 heterocycles. The van der Waals surface area contributed by atoms with E-state index in [1.54, 1.807) is 13.8 Å². The van der Waals surface area contributed by atoms with Crippen LogP contribution < -0.4 is 0 Å². The predicted octanol–water partition coefficient (Wildman–Crippen LogP) is 2.00. The maximum absolute atomic E-state index is 11.7. The van der Waals surface area contributed by atoms with Crippen molar-refractivity contribution >= 4 is 11.9 Å². The third-order valence-electron chi connectivity index (χ3n) is 3.71. The molecule has 0 amide bonds. The van der Waals surface area contributed by atoms with Crippen molar-refractivity contribution in [2.24, 2.45) is 0 Å². The van der Waals surface area contributed by atoms with Gasteiger partial charge in [0.15, 0.2) is 12.5 Å². The molecule has 6 heteroatoms. The first-order valence-electron chi connectivity index (χ1n) is 7.59. The Morgan fingerprint density at radius 1 is 0.727 bits per heavy atom. The van der Waals surface area contributed by atoms with Crippen LogP contribution in [-0.4, -0.2) is 60.4 Å². The summed E-state index contributed by atoms with van der Waals surface area (Å²) in [4.78, 5) is 27.1. The van der Waals surface area contributed by atoms with Gasteiger partial charge in [-0.25, -0.2) is 9.59 Å². The Morgan fingerprint density at radius 2 is 1.00 bits per heavy atom. The van der Waals surface area contributed by atoms with Crippen LogP contribution in [0.1, 0.15) is 41.5 Å². The molecule has 0 aliphatic carbocycles. The first-order chi connectivity index (χ1) is 10.1. The van der Waals surface area contributed by atoms with Gasteiger partial charge >= 0.3 is 11.9 Å². The van der Waals surface area contributed by atoms with Crippen LogP contribution in [0.2, 0.25) is 0 Å². The minimum Gasteiger partial charge on any atom is -0.443 e. The van der Waals surface area contributed by atoms with Crippen molar-refractivity contribution in [3.63, 3.8) is 0 Å². The molecule has 0 saturated heterocycles. The summed E-state index contributed by atoms with van der Waals surface area (Å²) in [7, 11) is 3.73. The smallest absolute Gasteiger partial charge is 0.332 e. The Hall–Kier alpha value is -1.40. The lowest BCUT2D eigenvalue weighted by Crippen LogP contribution is -2.38. The summed E-state index contributed by atoms with van der Waals surface area (Å²) < 4.78 is 10.4. The highest BCUT2D eigenvalue weighted by Crippen LogP contribution is 2.05. The SMILES string of the molecule is CC(C)N(C)C(C)OC(=O)/C=C\C(=O)OC(C)N(C)C(C)C. The van der Waals surface area contributed by atoms with E-state index in [0.29, 0.717) is 0 Å². The molecule has 0 saturated carbocycles. The molecule has 0 aromatic carbocycles. The summed E-state index contributed by atoms with van der Waals surface area (Å²) in [5.41, 5.74) is 0. The molecule has 0 aromatic heterocycles. The van der Waals surface area contributed by atoms with Crippen molar-refractivity contribution in [1.82, 2.24) is 9.80 Å². The van der Waals surface area contributed by atoms with Crippen LogP contribution in [0.3, 0.4) is 0 Å². The van der Waals surface area contributed by atoms with Crippen molar-refractivity contribution in [1.29, 1.82) is 0 Å². The molecule has 0 aromatic rings. The second-order valence-corrected chi connectivity index (χ2v) is 5.92. The highest BCUT2D eigenvalue weighted by molar-refractivity contribution is 5.91. The van der Waals surface area contributed by atoms with Crippen LogP contribution in [-0.2, 0) is 19.1 Å². The number of hydrogen-bond acceptors (Lipinski definition) is 6. The average Bonchev–Trinajstić information content (AvgIpc) is 2.42. The summed E-state index contributed by atoms with van der Waals surface area (Å²) in [6, 6.07) is 0.508. The maximum Gasteiger partial charge on any atom is 0.332 e. The van der Waals surface area contributed by atoms with Gasteiger partial charge in [0, 0.05) is 24.2 Å². The van der Waals surface area contributed by atoms with Gasteiger partial charge in [0.05, 0.1) is 0 Å². The topological polar surface area (TPSA) is 59.1 Å². The predicted molar refractivity (Wildman–Crippen MR) is 86.0 cm³/mol. The second kappa shape index (κ2) is 9.58. The quantitative estimate of drug-likeness (QED) is 0.388. The van der Waals surface area contributed by atoms with Crippen molar-refractivity contribution in [2.75, 3.05) is 14.1 Å². The number of hydrogen-bond donors (Lipinski definition) is 0. The van der Waals surface area contributed by atoms with Gasteiger partial charge in [0.1, 0.15) is 0 Å². The number of rotatable bonds is 8. The van der Waals surface area contributed by atoms with Crippen LogP contribution in [0.5, 0.6) is 0 Å². The molecule has 0 N–H and O–H groups in total. The van der Waals surface area contributed by atoms with E-state index in [-0.39, 0.29) is 24.5 Å². The average molecular weight is 314 g/mol. The van der Waals surface area contributed by atoms with Crippen molar-refractivity contribution in [3.8, 4) is 0 Å². The zero-order chi connectivity index (χ0) is 17.4. The molecule has 6 nitrogen and oxygen atoms in total. The number of ether oxygens (including phenoxy) is 2. The summed E-state index contributed by atoms with van der Waals surface area (Å²) in [6.45, 7) is 11.6. The van der Waals surface area contributed by atoms with Crippen molar-refractivity contribution in [2.45, 2.75) is 66.1 Å². The molecule has 128 valence electrons. The monoisotopic (exact) mass is 314 g/mol. The molecular formula is C16H30N2O4. The minimum absolute atomic E-state index is 0.254. The summed E-state index contributed by atoms with van der Waals surface area (Å²) in [5.74, 6) is -1.14. The highest BCUT2D eigenvalue weighted by atomic mass is 16.6. The molecule has 0 radical (unpaired) electrons. The fourth-order valence-electron chi connectivity index (χ4n) is 1.56. The highest BCUT2D eigenvalue weighted by Gasteiger charge is 2.17. The van der Waals surface area contributed by atoms with Gasteiger partial charge in [-0.1, -0.05) is 0 Å². The molecule has 0 bridgehead atoms. The molecule has 2 unspecified atom stereocenters. The van der Waals surface area contributed by atoms with Crippen molar-refractivity contribution < 1.29 is 19.1 Å². The summed E-state index contributed by atoms with van der Waals surface area (Å²) >= 11 is 0. The fraction of sp³-hybridized carbons (Fsp3) is 0.750. The number of nitrogens with zero attached hydrogens (tertiary/aromatic N) is 2. The van der Waals surface area contributed by atoms with Crippen LogP contribution in [0, 0.1) is 0 Å². The second-order valence-electron chi connectivity index (χ2n) is 5.92. The van der Waals surface area contributed by atoms with Gasteiger partial charge in [-0.05, 0) is 55.6 Å². The molecule has 0 spiro atoms. The van der Waals surface area contributed by atoms with E-state index in [1.807, 2.05) is 51.6 Å². The molecule has 0 aliphatic heterocycles. The van der Waals surface area contributed by atoms with Crippen LogP contribution >= 0.6 is 0 Å². The van der Waals surface area contributed by atoms with Gasteiger partial charge < -0.3 is 9.47 Å². The lowest BCUT2D eigenvalue weighted by molar-refractivity contribution is -0.154. The normalized spacial score (nSPS) is 14.9. The van der Waals surface area contributed by atoms with Gasteiger partial charge in [0.2, 0.25) is 0 Å². The van der Waals surface area contributed by atoms with Gasteiger partial charge in [-0.3, -0.25) is 9.80 Å². The molecular weight excluding hydrogens is 284 g/mol. The van der Waals surface area contributed by atoms with Crippen molar-refractivity contribution in [3.05, 3.63) is 12.2 Å². The fourth-order valence-corrected chi connectivity index (χ4v) is 1.56. The molecule has 22 heavy (non-hydrogen) atoms. The molecule has 2 atom stereocenters. The lowest BCUT2D eigenvalue weighted by atomic mass is 10.3. The van der Waals surface area contributed by atoms with E-state index in [9.17, 15) is 9.59 Å². The van der Waals surface area contributed by atoms with E-state index in [4.69, 9.17) is 9.47 Å². The zero-order valence-corrected chi connectivity index (χ0v) is 15.0. The standard InChI is InChI=1S/C16H30N2O4/c1-11(2)17(7)13(5)21-15(19)9-10-16(20)22-14(6)18(8)12(3)4/h9-14H,1-8H3/b10-9-. The summed E-state index contributed by atoms with van der Waals surface area (Å²) in [5, 5.41) is 0. The van der Waals surface area contributed by atoms with E-state index >= 15 is 0 Å². The van der Waals surface area contributed by atoms with Crippen LogP contribution in [0.25, 0.3) is 0 Å². The molecule has 0 fully saturated rings. The largest absolute Gasteiger partial charge is 0.443 e. The first kappa shape index (κ1) is 20.6. The first-order valence-corrected chi connectivity index (χ1v) is 7.59. The molecule has 0 rings (SSSR count). The number of carbonyl (C=O) groups excluding carboxylic acids is 2. The number of esters is 2. The summed E-state index contributed by atoms with van der Waals surface area (Å²) in [6.07, 6.45) is 1.46. The van der Waals surface area contributed by atoms with E-state index in [2.05, 4.69) is 0 Å². The Bertz CT molecular complexity index is 358. The van der Waals surface area contributed by atoms with Gasteiger partial charge in [-0.15, -0.1) is 0 Å². The Kier molecular flexibility index (Phi) is 8.97. The molecule has 0 aliphatic rings. The van der Waals surface area contributed by atoms with Crippen LogP contribution in [0.15, 0.2) is 12.2 Å². The third-order valence-corrected chi connectivity index (χ3v) is 3.71.